The van der Waals surface area contributed by atoms with Crippen LogP contribution < -0.4 is 4.74 Å². The maximum Gasteiger partial charge on any atom is 0.200 e. The lowest BCUT2D eigenvalue weighted by atomic mass is 10.1. The van der Waals surface area contributed by atoms with E-state index in [1.54, 1.807) is 0 Å². The highest BCUT2D eigenvalue weighted by Gasteiger charge is 2.18. The fraction of sp³-hybridized carbons (Fsp3) is 0.455. The second kappa shape index (κ2) is 5.23. The van der Waals surface area contributed by atoms with Crippen molar-refractivity contribution in [3.05, 3.63) is 29.8 Å². The lowest BCUT2D eigenvalue weighted by Crippen LogP contribution is -2.25. The molecule has 3 heteroatoms. The molecule has 0 aliphatic carbocycles. The highest BCUT2D eigenvalue weighted by Crippen LogP contribution is 2.27. The van der Waals surface area contributed by atoms with E-state index in [-0.39, 0.29) is 18.7 Å². The summed E-state index contributed by atoms with van der Waals surface area (Å²) in [6, 6.07) is 8.15. The Bertz CT molecular complexity index is 288. The maximum atomic E-state index is 5.65. The molecule has 0 spiro atoms. The highest BCUT2D eigenvalue weighted by atomic mass is 35.5. The molecule has 78 valence electrons. The van der Waals surface area contributed by atoms with E-state index in [9.17, 15) is 0 Å². The van der Waals surface area contributed by atoms with Gasteiger partial charge in [0.25, 0.3) is 0 Å². The van der Waals surface area contributed by atoms with Gasteiger partial charge < -0.3 is 9.47 Å². The maximum absolute atomic E-state index is 5.65. The van der Waals surface area contributed by atoms with Gasteiger partial charge in [-0.25, -0.2) is 0 Å². The van der Waals surface area contributed by atoms with E-state index in [0.717, 1.165) is 18.6 Å². The van der Waals surface area contributed by atoms with E-state index >= 15 is 0 Å². The zero-order valence-corrected chi connectivity index (χ0v) is 9.05. The van der Waals surface area contributed by atoms with Gasteiger partial charge in [0.2, 0.25) is 0 Å². The molecule has 0 aromatic heterocycles. The summed E-state index contributed by atoms with van der Waals surface area (Å²) in [5.74, 6) is 0.979. The van der Waals surface area contributed by atoms with Crippen molar-refractivity contribution in [1.29, 1.82) is 0 Å². The Labute approximate surface area is 90.6 Å². The summed E-state index contributed by atoms with van der Waals surface area (Å²) < 4.78 is 11.1. The minimum absolute atomic E-state index is 0. The molecule has 2 rings (SSSR count). The molecule has 1 unspecified atom stereocenters. The lowest BCUT2D eigenvalue weighted by Gasteiger charge is -2.25. The van der Waals surface area contributed by atoms with Crippen LogP contribution in [0.25, 0.3) is 0 Å². The molecule has 0 amide bonds. The Kier molecular flexibility index (Phi) is 4.23. The van der Waals surface area contributed by atoms with E-state index in [4.69, 9.17) is 9.47 Å². The van der Waals surface area contributed by atoms with Crippen LogP contribution >= 0.6 is 12.4 Å². The minimum Gasteiger partial charge on any atom is -0.465 e. The summed E-state index contributed by atoms with van der Waals surface area (Å²) in [7, 11) is 0. The second-order valence-electron chi connectivity index (χ2n) is 3.15. The molecular formula is C11H15ClO2. The number of ether oxygens (including phenoxy) is 2. The number of rotatable bonds is 2. The number of hydrogen-bond donors (Lipinski definition) is 0. The molecule has 14 heavy (non-hydrogen) atoms. The first-order chi connectivity index (χ1) is 6.40. The van der Waals surface area contributed by atoms with E-state index in [1.807, 2.05) is 25.1 Å². The molecule has 0 fully saturated rings. The fourth-order valence-electron chi connectivity index (χ4n) is 1.60. The Hall–Kier alpha value is -0.730. The average molecular weight is 215 g/mol. The van der Waals surface area contributed by atoms with Crippen molar-refractivity contribution in [2.45, 2.75) is 26.1 Å². The van der Waals surface area contributed by atoms with Crippen LogP contribution in [0.2, 0.25) is 0 Å². The molecule has 0 radical (unpaired) electrons. The van der Waals surface area contributed by atoms with Crippen molar-refractivity contribution in [3.8, 4) is 5.75 Å². The molecule has 0 bridgehead atoms. The summed E-state index contributed by atoms with van der Waals surface area (Å²) in [5.41, 5.74) is 1.29. The van der Waals surface area contributed by atoms with Crippen molar-refractivity contribution in [1.82, 2.24) is 0 Å². The summed E-state index contributed by atoms with van der Waals surface area (Å²) in [4.78, 5) is 0. The first-order valence-corrected chi connectivity index (χ1v) is 4.76. The van der Waals surface area contributed by atoms with Gasteiger partial charge in [-0.1, -0.05) is 18.2 Å². The molecule has 0 N–H and O–H groups in total. The fourth-order valence-corrected chi connectivity index (χ4v) is 1.60. The minimum atomic E-state index is -0.0418. The Balaban J connectivity index is 0.000000980. The van der Waals surface area contributed by atoms with Crippen LogP contribution in [0.15, 0.2) is 24.3 Å². The standard InChI is InChI=1S/C11H14O2.ClH/c1-2-12-11-8-7-9-5-3-4-6-10(9)13-11;/h3-6,11H,2,7-8H2,1H3;1H. The monoisotopic (exact) mass is 214 g/mol. The molecule has 1 aliphatic heterocycles. The first-order valence-electron chi connectivity index (χ1n) is 4.76. The van der Waals surface area contributed by atoms with E-state index in [2.05, 4.69) is 6.07 Å². The van der Waals surface area contributed by atoms with Crippen LogP contribution in [0.5, 0.6) is 5.75 Å². The van der Waals surface area contributed by atoms with Gasteiger partial charge in [-0.15, -0.1) is 12.4 Å². The molecule has 0 saturated heterocycles. The Morgan fingerprint density at radius 3 is 3.00 bits per heavy atom. The number of para-hydroxylation sites is 1. The van der Waals surface area contributed by atoms with Crippen molar-refractivity contribution in [3.63, 3.8) is 0 Å². The highest BCUT2D eigenvalue weighted by molar-refractivity contribution is 5.85. The van der Waals surface area contributed by atoms with E-state index in [1.165, 1.54) is 5.56 Å². The van der Waals surface area contributed by atoms with Crippen molar-refractivity contribution in [2.24, 2.45) is 0 Å². The quantitative estimate of drug-likeness (QED) is 0.754. The van der Waals surface area contributed by atoms with Crippen molar-refractivity contribution >= 4 is 12.4 Å². The third kappa shape index (κ3) is 2.40. The smallest absolute Gasteiger partial charge is 0.200 e. The summed E-state index contributed by atoms with van der Waals surface area (Å²) in [6.45, 7) is 2.71. The first kappa shape index (κ1) is 11.3. The number of aryl methyl sites for hydroxylation is 1. The third-order valence-corrected chi connectivity index (χ3v) is 2.23. The second-order valence-corrected chi connectivity index (χ2v) is 3.15. The number of benzene rings is 1. The van der Waals surface area contributed by atoms with Crippen LogP contribution in [0.3, 0.4) is 0 Å². The van der Waals surface area contributed by atoms with Crippen LogP contribution in [0.4, 0.5) is 0 Å². The van der Waals surface area contributed by atoms with E-state index in [0.29, 0.717) is 6.61 Å². The topological polar surface area (TPSA) is 18.5 Å². The SMILES string of the molecule is CCOC1CCc2ccccc2O1.Cl. The Morgan fingerprint density at radius 2 is 2.21 bits per heavy atom. The Morgan fingerprint density at radius 1 is 1.43 bits per heavy atom. The van der Waals surface area contributed by atoms with Gasteiger partial charge in [0.05, 0.1) is 0 Å². The van der Waals surface area contributed by atoms with Gasteiger partial charge in [0.15, 0.2) is 6.29 Å². The zero-order chi connectivity index (χ0) is 9.10. The van der Waals surface area contributed by atoms with Gasteiger partial charge in [-0.3, -0.25) is 0 Å². The summed E-state index contributed by atoms with van der Waals surface area (Å²) in [5, 5.41) is 0. The number of halogens is 1. The molecule has 1 aromatic rings. The molecule has 1 aliphatic rings. The van der Waals surface area contributed by atoms with Crippen LogP contribution in [0.1, 0.15) is 18.9 Å². The largest absolute Gasteiger partial charge is 0.465 e. The molecule has 2 nitrogen and oxygen atoms in total. The van der Waals surface area contributed by atoms with Gasteiger partial charge in [0, 0.05) is 13.0 Å². The molecular weight excluding hydrogens is 200 g/mol. The van der Waals surface area contributed by atoms with Crippen LogP contribution in [-0.2, 0) is 11.2 Å². The number of fused-ring (bicyclic) bond motifs is 1. The van der Waals surface area contributed by atoms with Crippen molar-refractivity contribution in [2.75, 3.05) is 6.61 Å². The normalized spacial score (nSPS) is 19.1. The third-order valence-electron chi connectivity index (χ3n) is 2.23. The molecule has 1 heterocycles. The zero-order valence-electron chi connectivity index (χ0n) is 8.23. The van der Waals surface area contributed by atoms with Gasteiger partial charge in [-0.05, 0) is 25.0 Å². The summed E-state index contributed by atoms with van der Waals surface area (Å²) >= 11 is 0. The van der Waals surface area contributed by atoms with Crippen molar-refractivity contribution < 1.29 is 9.47 Å². The predicted molar refractivity (Wildman–Crippen MR) is 58.1 cm³/mol. The molecule has 1 aromatic carbocycles. The van der Waals surface area contributed by atoms with Gasteiger partial charge >= 0.3 is 0 Å². The van der Waals surface area contributed by atoms with E-state index < -0.39 is 0 Å². The average Bonchev–Trinajstić information content (AvgIpc) is 2.18. The van der Waals surface area contributed by atoms with Gasteiger partial charge in [-0.2, -0.15) is 0 Å². The molecule has 0 saturated carbocycles. The van der Waals surface area contributed by atoms with Crippen LogP contribution in [-0.4, -0.2) is 12.9 Å². The molecule has 1 atom stereocenters. The predicted octanol–water partition coefficient (Wildman–Crippen LogP) is 2.80. The summed E-state index contributed by atoms with van der Waals surface area (Å²) in [6.07, 6.45) is 1.98. The lowest BCUT2D eigenvalue weighted by molar-refractivity contribution is -0.0861. The van der Waals surface area contributed by atoms with Gasteiger partial charge in [0.1, 0.15) is 5.75 Å². The number of hydrogen-bond acceptors (Lipinski definition) is 2. The van der Waals surface area contributed by atoms with Crippen LogP contribution in [0, 0.1) is 0 Å².